The summed E-state index contributed by atoms with van der Waals surface area (Å²) in [6.45, 7) is 0. The minimum atomic E-state index is 0.0210. The second-order valence-electron chi connectivity index (χ2n) is 9.87. The van der Waals surface area contributed by atoms with E-state index in [9.17, 15) is 0 Å². The molecule has 3 nitrogen and oxygen atoms in total. The molecule has 2 aliphatic rings. The minimum Gasteiger partial charge on any atom is -0.456 e. The molecular weight excluding hydrogens is 464 g/mol. The van der Waals surface area contributed by atoms with E-state index in [-0.39, 0.29) is 6.17 Å². The molecule has 0 radical (unpaired) electrons. The fraction of sp³-hybridized carbons (Fsp3) is 0.0286. The Morgan fingerprint density at radius 1 is 0.579 bits per heavy atom. The van der Waals surface area contributed by atoms with Gasteiger partial charge in [0.2, 0.25) is 0 Å². The van der Waals surface area contributed by atoms with Gasteiger partial charge in [-0.25, -0.2) is 0 Å². The van der Waals surface area contributed by atoms with Crippen molar-refractivity contribution in [2.75, 3.05) is 10.2 Å². The topological polar surface area (TPSA) is 24.5 Å². The predicted octanol–water partition coefficient (Wildman–Crippen LogP) is 9.54. The lowest BCUT2D eigenvalue weighted by Gasteiger charge is -2.28. The first-order chi connectivity index (χ1) is 18.8. The van der Waals surface area contributed by atoms with Gasteiger partial charge in [0.25, 0.3) is 0 Å². The number of ether oxygens (including phenoxy) is 1. The van der Waals surface area contributed by atoms with E-state index >= 15 is 0 Å². The van der Waals surface area contributed by atoms with Gasteiger partial charge in [0.05, 0.1) is 11.4 Å². The van der Waals surface area contributed by atoms with E-state index in [0.29, 0.717) is 0 Å². The molecule has 3 heteroatoms. The average molecular weight is 489 g/mol. The van der Waals surface area contributed by atoms with E-state index in [0.717, 1.165) is 39.6 Å². The quantitative estimate of drug-likeness (QED) is 0.268. The third kappa shape index (κ3) is 3.22. The highest BCUT2D eigenvalue weighted by Gasteiger charge is 2.31. The van der Waals surface area contributed by atoms with Gasteiger partial charge in [0.1, 0.15) is 17.7 Å². The zero-order valence-electron chi connectivity index (χ0n) is 20.6. The normalized spacial score (nSPS) is 14.9. The zero-order chi connectivity index (χ0) is 25.1. The standard InChI is InChI=1S/C35H24N2O/c1-2-9-24(10-3-1)35-36-30-16-4-5-17-31(30)37(35)27-14-6-13-25(21-27)26-19-20-28-29-15-7-11-23-12-8-18-32(34(23)29)38-33(28)22-26/h1-22,35-36H. The Balaban J connectivity index is 1.22. The second-order valence-corrected chi connectivity index (χ2v) is 9.87. The lowest BCUT2D eigenvalue weighted by molar-refractivity contribution is 0.487. The van der Waals surface area contributed by atoms with E-state index in [4.69, 9.17) is 4.74 Å². The summed E-state index contributed by atoms with van der Waals surface area (Å²) in [5.41, 5.74) is 9.34. The summed E-state index contributed by atoms with van der Waals surface area (Å²) >= 11 is 0. The molecule has 6 aromatic carbocycles. The van der Waals surface area contributed by atoms with Gasteiger partial charge in [-0.15, -0.1) is 0 Å². The monoisotopic (exact) mass is 488 g/mol. The van der Waals surface area contributed by atoms with Crippen molar-refractivity contribution in [1.29, 1.82) is 0 Å². The summed E-state index contributed by atoms with van der Waals surface area (Å²) < 4.78 is 6.44. The molecule has 0 fully saturated rings. The Labute approximate surface area is 221 Å². The zero-order valence-corrected chi connectivity index (χ0v) is 20.6. The van der Waals surface area contributed by atoms with Crippen LogP contribution in [0.4, 0.5) is 17.1 Å². The summed E-state index contributed by atoms with van der Waals surface area (Å²) in [6.07, 6.45) is 0.0210. The van der Waals surface area contributed by atoms with Crippen LogP contribution in [-0.2, 0) is 0 Å². The molecule has 38 heavy (non-hydrogen) atoms. The van der Waals surface area contributed by atoms with E-state index in [2.05, 4.69) is 144 Å². The largest absolute Gasteiger partial charge is 0.456 e. The maximum Gasteiger partial charge on any atom is 0.135 e. The van der Waals surface area contributed by atoms with Crippen molar-refractivity contribution in [1.82, 2.24) is 0 Å². The molecule has 0 saturated carbocycles. The van der Waals surface area contributed by atoms with Crippen LogP contribution in [0.25, 0.3) is 33.0 Å². The second kappa shape index (κ2) is 8.25. The van der Waals surface area contributed by atoms with Gasteiger partial charge in [-0.2, -0.15) is 0 Å². The molecule has 0 saturated heterocycles. The molecule has 1 N–H and O–H groups in total. The molecule has 180 valence electrons. The van der Waals surface area contributed by atoms with Gasteiger partial charge in [-0.05, 0) is 70.1 Å². The maximum absolute atomic E-state index is 6.44. The van der Waals surface area contributed by atoms with Crippen LogP contribution in [0.15, 0.2) is 133 Å². The van der Waals surface area contributed by atoms with E-state index in [1.54, 1.807) is 0 Å². The molecule has 8 rings (SSSR count). The van der Waals surface area contributed by atoms with Gasteiger partial charge in [-0.3, -0.25) is 0 Å². The van der Waals surface area contributed by atoms with Crippen molar-refractivity contribution in [2.45, 2.75) is 6.17 Å². The van der Waals surface area contributed by atoms with E-state index in [1.165, 1.54) is 27.6 Å². The molecule has 0 bridgehead atoms. The van der Waals surface area contributed by atoms with Gasteiger partial charge in [-0.1, -0.05) is 91.0 Å². The van der Waals surface area contributed by atoms with Crippen LogP contribution in [0, 0.1) is 0 Å². The Kier molecular flexibility index (Phi) is 4.58. The summed E-state index contributed by atoms with van der Waals surface area (Å²) in [5.74, 6) is 1.82. The fourth-order valence-electron chi connectivity index (χ4n) is 5.89. The molecule has 0 spiro atoms. The molecular formula is C35H24N2O. The molecule has 1 unspecified atom stereocenters. The highest BCUT2D eigenvalue weighted by molar-refractivity contribution is 6.04. The van der Waals surface area contributed by atoms with Gasteiger partial charge in [0.15, 0.2) is 0 Å². The Morgan fingerprint density at radius 2 is 1.37 bits per heavy atom. The number of rotatable bonds is 3. The molecule has 0 amide bonds. The van der Waals surface area contributed by atoms with Crippen LogP contribution in [0.1, 0.15) is 11.7 Å². The Hall–Kier alpha value is -5.02. The predicted molar refractivity (Wildman–Crippen MR) is 156 cm³/mol. The summed E-state index contributed by atoms with van der Waals surface area (Å²) in [5, 5.41) is 6.11. The van der Waals surface area contributed by atoms with Crippen LogP contribution >= 0.6 is 0 Å². The van der Waals surface area contributed by atoms with Crippen molar-refractivity contribution in [2.24, 2.45) is 0 Å². The van der Waals surface area contributed by atoms with Crippen LogP contribution in [0.5, 0.6) is 11.5 Å². The smallest absolute Gasteiger partial charge is 0.135 e. The van der Waals surface area contributed by atoms with E-state index in [1.807, 2.05) is 0 Å². The van der Waals surface area contributed by atoms with Crippen LogP contribution in [0.3, 0.4) is 0 Å². The number of nitrogens with zero attached hydrogens (tertiary/aromatic N) is 1. The van der Waals surface area contributed by atoms with Crippen LogP contribution < -0.4 is 15.0 Å². The maximum atomic E-state index is 6.44. The molecule has 0 aliphatic carbocycles. The Morgan fingerprint density at radius 3 is 2.29 bits per heavy atom. The van der Waals surface area contributed by atoms with Gasteiger partial charge >= 0.3 is 0 Å². The third-order valence-electron chi connectivity index (χ3n) is 7.65. The summed E-state index contributed by atoms with van der Waals surface area (Å²) in [7, 11) is 0. The van der Waals surface area contributed by atoms with Crippen molar-refractivity contribution >= 4 is 27.8 Å². The first-order valence-electron chi connectivity index (χ1n) is 13.0. The number of fused-ring (bicyclic) bond motifs is 3. The van der Waals surface area contributed by atoms with Crippen molar-refractivity contribution in [3.8, 4) is 33.8 Å². The number of benzene rings is 6. The number of hydrogen-bond acceptors (Lipinski definition) is 3. The lowest BCUT2D eigenvalue weighted by Crippen LogP contribution is -2.23. The van der Waals surface area contributed by atoms with E-state index < -0.39 is 0 Å². The highest BCUT2D eigenvalue weighted by atomic mass is 16.5. The first-order valence-corrected chi connectivity index (χ1v) is 13.0. The highest BCUT2D eigenvalue weighted by Crippen LogP contribution is 2.49. The van der Waals surface area contributed by atoms with Gasteiger partial charge in [0, 0.05) is 16.6 Å². The third-order valence-corrected chi connectivity index (χ3v) is 7.65. The minimum absolute atomic E-state index is 0.0210. The number of para-hydroxylation sites is 2. The molecule has 2 aliphatic heterocycles. The van der Waals surface area contributed by atoms with Gasteiger partial charge < -0.3 is 15.0 Å². The SMILES string of the molecule is c1ccc(C2Nc3ccccc3N2c2cccc(-c3ccc4c(c3)Oc3cccc5cccc-4c35)c2)cc1. The molecule has 6 aromatic rings. The number of hydrogen-bond donors (Lipinski definition) is 1. The van der Waals surface area contributed by atoms with Crippen LogP contribution in [0.2, 0.25) is 0 Å². The molecule has 1 atom stereocenters. The van der Waals surface area contributed by atoms with Crippen molar-refractivity contribution in [3.05, 3.63) is 139 Å². The van der Waals surface area contributed by atoms with Crippen molar-refractivity contribution in [3.63, 3.8) is 0 Å². The molecule has 0 aromatic heterocycles. The number of nitrogens with one attached hydrogen (secondary N) is 1. The van der Waals surface area contributed by atoms with Crippen LogP contribution in [-0.4, -0.2) is 0 Å². The number of anilines is 3. The lowest BCUT2D eigenvalue weighted by atomic mass is 9.93. The molecule has 2 heterocycles. The Bertz CT molecular complexity index is 1840. The average Bonchev–Trinajstić information content (AvgIpc) is 3.38. The first kappa shape index (κ1) is 21.1. The summed E-state index contributed by atoms with van der Waals surface area (Å²) in [4.78, 5) is 2.39. The fourth-order valence-corrected chi connectivity index (χ4v) is 5.89. The summed E-state index contributed by atoms with van der Waals surface area (Å²) in [6, 6.07) is 47.2. The van der Waals surface area contributed by atoms with Crippen molar-refractivity contribution < 1.29 is 4.74 Å².